The third kappa shape index (κ3) is 2.57. The lowest BCUT2D eigenvalue weighted by atomic mass is 10.1. The lowest BCUT2D eigenvalue weighted by Crippen LogP contribution is -2.34. The minimum atomic E-state index is -0.441. The number of Topliss-reactive ketones (excluding diaryl/α,β-unsaturated/α-hetero) is 1. The molecule has 0 aliphatic carbocycles. The van der Waals surface area contributed by atoms with E-state index in [1.807, 2.05) is 24.3 Å². The van der Waals surface area contributed by atoms with Crippen molar-refractivity contribution in [2.24, 2.45) is 5.73 Å². The van der Waals surface area contributed by atoms with Crippen molar-refractivity contribution in [3.63, 3.8) is 0 Å². The normalized spacial score (nSPS) is 11.0. The highest BCUT2D eigenvalue weighted by molar-refractivity contribution is 6.08. The molecule has 0 unspecified atom stereocenters. The van der Waals surface area contributed by atoms with Crippen molar-refractivity contribution in [1.29, 1.82) is 0 Å². The number of carbonyl (C=O) groups excluding carboxylic acids is 2. The Morgan fingerprint density at radius 2 is 2.00 bits per heavy atom. The van der Waals surface area contributed by atoms with Crippen LogP contribution < -0.4 is 5.73 Å². The number of hydrogen-bond acceptors (Lipinski definition) is 3. The number of nitrogens with zero attached hydrogens (tertiary/aromatic N) is 1. The zero-order chi connectivity index (χ0) is 13.1. The lowest BCUT2D eigenvalue weighted by molar-refractivity contribution is -0.118. The van der Waals surface area contributed by atoms with Crippen molar-refractivity contribution in [1.82, 2.24) is 9.88 Å². The molecule has 94 valence electrons. The number of fused-ring (bicyclic) bond motifs is 1. The van der Waals surface area contributed by atoms with Crippen LogP contribution in [0.25, 0.3) is 10.9 Å². The number of ketones is 1. The average Bonchev–Trinajstić information content (AvgIpc) is 2.71. The number of aromatic amines is 1. The van der Waals surface area contributed by atoms with Crippen LogP contribution in [-0.2, 0) is 4.79 Å². The quantitative estimate of drug-likeness (QED) is 0.763. The summed E-state index contributed by atoms with van der Waals surface area (Å²) in [5.74, 6) is -0.472. The predicted molar refractivity (Wildman–Crippen MR) is 69.3 cm³/mol. The Kier molecular flexibility index (Phi) is 3.43. The Labute approximate surface area is 105 Å². The number of aromatic nitrogens is 1. The standard InChI is InChI=1S/C13H15N3O2/c1-16(8-13(14)18)7-12(17)10-6-15-11-5-3-2-4-9(10)11/h2-6,15H,7-8H2,1H3,(H2,14,18). The molecule has 0 aliphatic rings. The molecule has 18 heavy (non-hydrogen) atoms. The van der Waals surface area contributed by atoms with Gasteiger partial charge in [0.1, 0.15) is 0 Å². The number of benzene rings is 1. The Morgan fingerprint density at radius 3 is 2.72 bits per heavy atom. The number of likely N-dealkylation sites (N-methyl/N-ethyl adjacent to an activating group) is 1. The van der Waals surface area contributed by atoms with Gasteiger partial charge in [-0.2, -0.15) is 0 Å². The zero-order valence-electron chi connectivity index (χ0n) is 10.1. The monoisotopic (exact) mass is 245 g/mol. The van der Waals surface area contributed by atoms with Gasteiger partial charge in [0.2, 0.25) is 5.91 Å². The molecular weight excluding hydrogens is 230 g/mol. The van der Waals surface area contributed by atoms with Gasteiger partial charge in [0.25, 0.3) is 0 Å². The molecule has 0 aliphatic heterocycles. The van der Waals surface area contributed by atoms with Crippen LogP contribution in [0.2, 0.25) is 0 Å². The summed E-state index contributed by atoms with van der Waals surface area (Å²) in [5, 5.41) is 0.898. The molecule has 0 saturated heterocycles. The molecular formula is C13H15N3O2. The van der Waals surface area contributed by atoms with E-state index in [4.69, 9.17) is 5.73 Å². The van der Waals surface area contributed by atoms with Crippen molar-refractivity contribution < 1.29 is 9.59 Å². The van der Waals surface area contributed by atoms with E-state index in [9.17, 15) is 9.59 Å². The second-order valence-corrected chi connectivity index (χ2v) is 4.31. The fraction of sp³-hybridized carbons (Fsp3) is 0.231. The molecule has 5 nitrogen and oxygen atoms in total. The molecule has 0 radical (unpaired) electrons. The van der Waals surface area contributed by atoms with Crippen molar-refractivity contribution in [3.05, 3.63) is 36.0 Å². The van der Waals surface area contributed by atoms with Crippen LogP contribution in [0.4, 0.5) is 0 Å². The second-order valence-electron chi connectivity index (χ2n) is 4.31. The van der Waals surface area contributed by atoms with Gasteiger partial charge in [-0.1, -0.05) is 18.2 Å². The third-order valence-corrected chi connectivity index (χ3v) is 2.73. The molecule has 1 heterocycles. The summed E-state index contributed by atoms with van der Waals surface area (Å²) in [6, 6.07) is 7.61. The van der Waals surface area contributed by atoms with E-state index in [1.54, 1.807) is 18.1 Å². The van der Waals surface area contributed by atoms with Crippen LogP contribution >= 0.6 is 0 Å². The number of primary amides is 1. The van der Waals surface area contributed by atoms with Crippen molar-refractivity contribution in [2.75, 3.05) is 20.1 Å². The van der Waals surface area contributed by atoms with Gasteiger partial charge in [-0.25, -0.2) is 0 Å². The number of amides is 1. The maximum absolute atomic E-state index is 12.1. The number of rotatable bonds is 5. The maximum Gasteiger partial charge on any atom is 0.231 e. The van der Waals surface area contributed by atoms with Crippen LogP contribution in [0.3, 0.4) is 0 Å². The molecule has 1 amide bonds. The Bertz CT molecular complexity index is 589. The summed E-state index contributed by atoms with van der Waals surface area (Å²) in [6.07, 6.45) is 1.70. The number of carbonyl (C=O) groups is 2. The number of nitrogens with one attached hydrogen (secondary N) is 1. The van der Waals surface area contributed by atoms with Gasteiger partial charge in [0, 0.05) is 22.7 Å². The average molecular weight is 245 g/mol. The topological polar surface area (TPSA) is 79.2 Å². The highest BCUT2D eigenvalue weighted by atomic mass is 16.1. The molecule has 0 bridgehead atoms. The molecule has 1 aromatic carbocycles. The van der Waals surface area contributed by atoms with Crippen molar-refractivity contribution >= 4 is 22.6 Å². The van der Waals surface area contributed by atoms with Gasteiger partial charge < -0.3 is 10.7 Å². The molecule has 0 spiro atoms. The van der Waals surface area contributed by atoms with Gasteiger partial charge in [-0.05, 0) is 13.1 Å². The summed E-state index contributed by atoms with van der Waals surface area (Å²) >= 11 is 0. The van der Waals surface area contributed by atoms with Crippen LogP contribution in [0.1, 0.15) is 10.4 Å². The third-order valence-electron chi connectivity index (χ3n) is 2.73. The molecule has 0 fully saturated rings. The van der Waals surface area contributed by atoms with Crippen LogP contribution in [0.5, 0.6) is 0 Å². The first-order valence-corrected chi connectivity index (χ1v) is 5.64. The van der Waals surface area contributed by atoms with Gasteiger partial charge in [-0.15, -0.1) is 0 Å². The molecule has 5 heteroatoms. The number of hydrogen-bond donors (Lipinski definition) is 2. The van der Waals surface area contributed by atoms with Crippen molar-refractivity contribution in [3.8, 4) is 0 Å². The molecule has 2 rings (SSSR count). The first-order valence-electron chi connectivity index (χ1n) is 5.64. The fourth-order valence-electron chi connectivity index (χ4n) is 1.95. The SMILES string of the molecule is CN(CC(N)=O)CC(=O)c1c[nH]c2ccccc12. The highest BCUT2D eigenvalue weighted by Crippen LogP contribution is 2.18. The van der Waals surface area contributed by atoms with E-state index >= 15 is 0 Å². The van der Waals surface area contributed by atoms with E-state index in [2.05, 4.69) is 4.98 Å². The first-order chi connectivity index (χ1) is 8.58. The molecule has 0 atom stereocenters. The van der Waals surface area contributed by atoms with E-state index in [-0.39, 0.29) is 18.9 Å². The second kappa shape index (κ2) is 5.01. The Morgan fingerprint density at radius 1 is 1.28 bits per heavy atom. The summed E-state index contributed by atoms with van der Waals surface area (Å²) in [5.41, 5.74) is 6.65. The van der Waals surface area contributed by atoms with Crippen LogP contribution in [0.15, 0.2) is 30.5 Å². The molecule has 3 N–H and O–H groups in total. The van der Waals surface area contributed by atoms with E-state index < -0.39 is 5.91 Å². The molecule has 1 aromatic heterocycles. The van der Waals surface area contributed by atoms with Crippen molar-refractivity contribution in [2.45, 2.75) is 0 Å². The van der Waals surface area contributed by atoms with Gasteiger partial charge >= 0.3 is 0 Å². The Hall–Kier alpha value is -2.14. The predicted octanol–water partition coefficient (Wildman–Crippen LogP) is 0.768. The van der Waals surface area contributed by atoms with E-state index in [0.717, 1.165) is 10.9 Å². The largest absolute Gasteiger partial charge is 0.369 e. The smallest absolute Gasteiger partial charge is 0.231 e. The van der Waals surface area contributed by atoms with Crippen LogP contribution in [-0.4, -0.2) is 41.7 Å². The minimum Gasteiger partial charge on any atom is -0.369 e. The zero-order valence-corrected chi connectivity index (χ0v) is 10.1. The molecule has 0 saturated carbocycles. The Balaban J connectivity index is 2.16. The lowest BCUT2D eigenvalue weighted by Gasteiger charge is -2.12. The highest BCUT2D eigenvalue weighted by Gasteiger charge is 2.14. The van der Waals surface area contributed by atoms with Gasteiger partial charge in [0.15, 0.2) is 5.78 Å². The first kappa shape index (κ1) is 12.3. The summed E-state index contributed by atoms with van der Waals surface area (Å²) in [4.78, 5) is 27.5. The number of nitrogens with two attached hydrogens (primary N) is 1. The number of para-hydroxylation sites is 1. The minimum absolute atomic E-state index is 0.0313. The van der Waals surface area contributed by atoms with Crippen LogP contribution in [0, 0.1) is 0 Å². The van der Waals surface area contributed by atoms with E-state index in [1.165, 1.54) is 0 Å². The van der Waals surface area contributed by atoms with Gasteiger partial charge in [0.05, 0.1) is 13.1 Å². The number of H-pyrrole nitrogens is 1. The fourth-order valence-corrected chi connectivity index (χ4v) is 1.95. The van der Waals surface area contributed by atoms with Gasteiger partial charge in [-0.3, -0.25) is 14.5 Å². The summed E-state index contributed by atoms with van der Waals surface area (Å²) in [7, 11) is 1.69. The summed E-state index contributed by atoms with van der Waals surface area (Å²) < 4.78 is 0. The van der Waals surface area contributed by atoms with E-state index in [0.29, 0.717) is 5.56 Å². The molecule has 2 aromatic rings. The maximum atomic E-state index is 12.1. The summed E-state index contributed by atoms with van der Waals surface area (Å²) in [6.45, 7) is 0.249.